The Bertz CT molecular complexity index is 1400. The van der Waals surface area contributed by atoms with Gasteiger partial charge in [0.15, 0.2) is 16.6 Å². The van der Waals surface area contributed by atoms with Gasteiger partial charge in [0, 0.05) is 11.6 Å². The highest BCUT2D eigenvalue weighted by atomic mass is 35.5. The van der Waals surface area contributed by atoms with E-state index in [1.807, 2.05) is 12.1 Å². The van der Waals surface area contributed by atoms with Crippen molar-refractivity contribution in [2.24, 2.45) is 0 Å². The number of Topliss-reactive ketones (excluding diaryl/α,β-unsaturated/α-hetero) is 1. The summed E-state index contributed by atoms with van der Waals surface area (Å²) in [7, 11) is 0. The fraction of sp³-hybridized carbons (Fsp3) is 0.182. The fourth-order valence-electron chi connectivity index (χ4n) is 3.19. The van der Waals surface area contributed by atoms with Crippen LogP contribution < -0.4 is 10.9 Å². The van der Waals surface area contributed by atoms with Crippen molar-refractivity contribution < 1.29 is 18.0 Å². The van der Waals surface area contributed by atoms with E-state index in [2.05, 4.69) is 20.5 Å². The van der Waals surface area contributed by atoms with Gasteiger partial charge in [-0.2, -0.15) is 18.3 Å². The molecule has 0 unspecified atom stereocenters. The topological polar surface area (TPSA) is 92.7 Å². The third-order valence-corrected chi connectivity index (χ3v) is 6.21. The van der Waals surface area contributed by atoms with E-state index in [0.717, 1.165) is 34.0 Å². The molecule has 34 heavy (non-hydrogen) atoms. The Morgan fingerprint density at radius 1 is 1.18 bits per heavy atom. The van der Waals surface area contributed by atoms with Crippen LogP contribution in [-0.2, 0) is 17.5 Å². The Morgan fingerprint density at radius 3 is 2.74 bits per heavy atom. The number of nitrogens with zero attached hydrogens (tertiary/aromatic N) is 3. The highest BCUT2D eigenvalue weighted by Gasteiger charge is 2.31. The molecule has 0 saturated heterocycles. The smallest absolute Gasteiger partial charge is 0.306 e. The first kappa shape index (κ1) is 24.0. The molecule has 0 amide bonds. The average Bonchev–Trinajstić information content (AvgIpc) is 3.28. The molecular formula is C22H17ClF3N5O2S. The summed E-state index contributed by atoms with van der Waals surface area (Å²) >= 11 is 7.05. The van der Waals surface area contributed by atoms with Crippen molar-refractivity contribution >= 4 is 40.2 Å². The highest BCUT2D eigenvalue weighted by molar-refractivity contribution is 7.99. The molecule has 176 valence electrons. The van der Waals surface area contributed by atoms with E-state index in [1.54, 1.807) is 12.1 Å². The number of benzene rings is 2. The van der Waals surface area contributed by atoms with Crippen LogP contribution in [-0.4, -0.2) is 37.8 Å². The summed E-state index contributed by atoms with van der Waals surface area (Å²) in [5, 5.41) is 10.2. The van der Waals surface area contributed by atoms with Gasteiger partial charge in [-0.3, -0.25) is 19.3 Å². The molecule has 0 fully saturated rings. The highest BCUT2D eigenvalue weighted by Crippen LogP contribution is 2.31. The lowest BCUT2D eigenvalue weighted by Crippen LogP contribution is -2.25. The van der Waals surface area contributed by atoms with E-state index in [4.69, 9.17) is 11.6 Å². The molecule has 0 aliphatic heterocycles. The number of ketones is 1. The molecule has 0 atom stereocenters. The van der Waals surface area contributed by atoms with Crippen molar-refractivity contribution in [3.8, 4) is 5.69 Å². The van der Waals surface area contributed by atoms with E-state index in [-0.39, 0.29) is 40.0 Å². The number of carbonyl (C=O) groups is 1. The first-order valence-electron chi connectivity index (χ1n) is 9.96. The number of aromatic nitrogens is 4. The summed E-state index contributed by atoms with van der Waals surface area (Å²) < 4.78 is 40.7. The van der Waals surface area contributed by atoms with Crippen LogP contribution >= 0.6 is 23.4 Å². The van der Waals surface area contributed by atoms with Crippen LogP contribution in [0.5, 0.6) is 0 Å². The number of rotatable bonds is 8. The lowest BCUT2D eigenvalue weighted by Gasteiger charge is -2.14. The molecule has 0 spiro atoms. The van der Waals surface area contributed by atoms with E-state index in [0.29, 0.717) is 11.6 Å². The van der Waals surface area contributed by atoms with Crippen LogP contribution in [0.2, 0.25) is 5.02 Å². The lowest BCUT2D eigenvalue weighted by atomic mass is 10.2. The quantitative estimate of drug-likeness (QED) is 0.274. The number of halogens is 4. The van der Waals surface area contributed by atoms with Crippen molar-refractivity contribution in [1.82, 2.24) is 25.1 Å². The van der Waals surface area contributed by atoms with E-state index in [9.17, 15) is 22.8 Å². The maximum absolute atomic E-state index is 13.2. The summed E-state index contributed by atoms with van der Waals surface area (Å²) in [4.78, 5) is 29.8. The lowest BCUT2D eigenvalue weighted by molar-refractivity contribution is -0.137. The number of nitrogens with one attached hydrogen (secondary N) is 2. The van der Waals surface area contributed by atoms with Gasteiger partial charge in [-0.15, -0.1) is 0 Å². The minimum absolute atomic E-state index is 0.0118. The molecule has 2 aromatic heterocycles. The maximum Gasteiger partial charge on any atom is 0.416 e. The maximum atomic E-state index is 13.2. The van der Waals surface area contributed by atoms with Crippen LogP contribution in [0.4, 0.5) is 13.2 Å². The number of hydrogen-bond acceptors (Lipinski definition) is 6. The zero-order valence-electron chi connectivity index (χ0n) is 17.4. The summed E-state index contributed by atoms with van der Waals surface area (Å²) in [6, 6.07) is 11.6. The van der Waals surface area contributed by atoms with Crippen LogP contribution in [0.1, 0.15) is 11.1 Å². The number of alkyl halides is 3. The predicted molar refractivity (Wildman–Crippen MR) is 123 cm³/mol. The van der Waals surface area contributed by atoms with Crippen molar-refractivity contribution in [2.75, 3.05) is 12.3 Å². The molecule has 2 aromatic carbocycles. The SMILES string of the molecule is O=C(CNCc1ccccc1Cl)CSc1nc2[nH]ncc2c(=O)n1-c1cccc(C(F)(F)F)c1. The first-order chi connectivity index (χ1) is 16.2. The van der Waals surface area contributed by atoms with Crippen molar-refractivity contribution in [3.05, 3.63) is 81.2 Å². The number of aromatic amines is 1. The van der Waals surface area contributed by atoms with Crippen molar-refractivity contribution in [1.29, 1.82) is 0 Å². The van der Waals surface area contributed by atoms with Crippen molar-refractivity contribution in [2.45, 2.75) is 17.9 Å². The van der Waals surface area contributed by atoms with Gasteiger partial charge in [0.25, 0.3) is 5.56 Å². The molecule has 4 aromatic rings. The Hall–Kier alpha value is -3.15. The molecular weight excluding hydrogens is 491 g/mol. The Labute approximate surface area is 200 Å². The molecule has 2 heterocycles. The third kappa shape index (κ3) is 5.32. The second-order valence-electron chi connectivity index (χ2n) is 7.24. The first-order valence-corrected chi connectivity index (χ1v) is 11.3. The minimum atomic E-state index is -4.58. The van der Waals surface area contributed by atoms with Crippen LogP contribution in [0, 0.1) is 0 Å². The van der Waals surface area contributed by atoms with Gasteiger partial charge >= 0.3 is 6.18 Å². The van der Waals surface area contributed by atoms with Gasteiger partial charge in [0.2, 0.25) is 0 Å². The molecule has 2 N–H and O–H groups in total. The van der Waals surface area contributed by atoms with Gasteiger partial charge in [0.05, 0.1) is 29.7 Å². The van der Waals surface area contributed by atoms with Gasteiger partial charge in [-0.05, 0) is 29.8 Å². The molecule has 0 aliphatic carbocycles. The van der Waals surface area contributed by atoms with E-state index in [1.165, 1.54) is 18.3 Å². The van der Waals surface area contributed by atoms with Gasteiger partial charge < -0.3 is 5.32 Å². The van der Waals surface area contributed by atoms with Crippen LogP contribution in [0.15, 0.2) is 64.7 Å². The van der Waals surface area contributed by atoms with Gasteiger partial charge in [-0.1, -0.05) is 47.6 Å². The largest absolute Gasteiger partial charge is 0.416 e. The molecule has 0 saturated carbocycles. The standard InChI is InChI=1S/C22H17ClF3N5O2S/c23-18-7-2-1-4-13(18)9-27-10-16(32)12-34-21-29-19-17(11-28-30-19)20(33)31(21)15-6-3-5-14(8-15)22(24,25)26/h1-8,11,27H,9-10,12H2,(H,28,30). The Balaban J connectivity index is 1.55. The van der Waals surface area contributed by atoms with Crippen LogP contribution in [0.25, 0.3) is 16.7 Å². The average molecular weight is 508 g/mol. The number of thioether (sulfide) groups is 1. The Kier molecular flexibility index (Phi) is 7.05. The molecule has 0 aliphatic rings. The van der Waals surface area contributed by atoms with Crippen molar-refractivity contribution in [3.63, 3.8) is 0 Å². The molecule has 0 bridgehead atoms. The third-order valence-electron chi connectivity index (χ3n) is 4.84. The zero-order chi connectivity index (χ0) is 24.3. The monoisotopic (exact) mass is 507 g/mol. The van der Waals surface area contributed by atoms with Gasteiger partial charge in [-0.25, -0.2) is 4.98 Å². The van der Waals surface area contributed by atoms with Gasteiger partial charge in [0.1, 0.15) is 5.39 Å². The minimum Gasteiger partial charge on any atom is -0.306 e. The zero-order valence-corrected chi connectivity index (χ0v) is 19.0. The molecule has 7 nitrogen and oxygen atoms in total. The number of hydrogen-bond donors (Lipinski definition) is 2. The summed E-state index contributed by atoms with van der Waals surface area (Å²) in [6.45, 7) is 0.432. The summed E-state index contributed by atoms with van der Waals surface area (Å²) in [6.07, 6.45) is -3.32. The van der Waals surface area contributed by atoms with E-state index >= 15 is 0 Å². The normalized spacial score (nSPS) is 11.8. The Morgan fingerprint density at radius 2 is 1.97 bits per heavy atom. The molecule has 12 heteroatoms. The number of fused-ring (bicyclic) bond motifs is 1. The molecule has 0 radical (unpaired) electrons. The predicted octanol–water partition coefficient (Wildman–Crippen LogP) is 4.23. The number of H-pyrrole nitrogens is 1. The second-order valence-corrected chi connectivity index (χ2v) is 8.59. The summed E-state index contributed by atoms with van der Waals surface area (Å²) in [5.41, 5.74) is -0.485. The second kappa shape index (κ2) is 10.00. The fourth-order valence-corrected chi connectivity index (χ4v) is 4.26. The number of carbonyl (C=O) groups excluding carboxylic acids is 1. The molecule has 4 rings (SSSR count). The van der Waals surface area contributed by atoms with Crippen LogP contribution in [0.3, 0.4) is 0 Å². The van der Waals surface area contributed by atoms with E-state index < -0.39 is 17.3 Å². The summed E-state index contributed by atoms with van der Waals surface area (Å²) in [5.74, 6) is -0.243.